The third-order valence-corrected chi connectivity index (χ3v) is 8.12. The molecular formula is C36H42N2O7. The molecule has 5 rings (SSSR count). The van der Waals surface area contributed by atoms with E-state index in [1.54, 1.807) is 7.11 Å². The number of fused-ring (bicyclic) bond motifs is 1. The number of amides is 1. The lowest BCUT2D eigenvalue weighted by Gasteiger charge is -2.33. The molecular weight excluding hydrogens is 572 g/mol. The van der Waals surface area contributed by atoms with E-state index < -0.39 is 11.9 Å². The topological polar surface area (TPSA) is 117 Å². The molecule has 1 saturated heterocycles. The number of piperidine rings is 1. The predicted molar refractivity (Wildman–Crippen MR) is 172 cm³/mol. The molecule has 2 N–H and O–H groups in total. The minimum atomic E-state index is -1.26. The molecule has 0 radical (unpaired) electrons. The summed E-state index contributed by atoms with van der Waals surface area (Å²) >= 11 is 0. The van der Waals surface area contributed by atoms with Crippen molar-refractivity contribution in [1.29, 1.82) is 0 Å². The molecule has 0 aliphatic carbocycles. The number of aryl methyl sites for hydroxylation is 2. The van der Waals surface area contributed by atoms with Crippen LogP contribution in [-0.4, -0.2) is 77.8 Å². The summed E-state index contributed by atoms with van der Waals surface area (Å²) in [6.07, 6.45) is 6.37. The maximum Gasteiger partial charge on any atom is 0.328 e. The second-order valence-electron chi connectivity index (χ2n) is 11.3. The lowest BCUT2D eigenvalue weighted by Crippen LogP contribution is -2.39. The zero-order valence-corrected chi connectivity index (χ0v) is 25.8. The molecule has 1 fully saturated rings. The molecule has 2 aliphatic heterocycles. The Hall–Kier alpha value is -4.63. The molecule has 0 bridgehead atoms. The van der Waals surface area contributed by atoms with Crippen LogP contribution in [0.25, 0.3) is 0 Å². The van der Waals surface area contributed by atoms with Gasteiger partial charge in [-0.15, -0.1) is 0 Å². The Labute approximate surface area is 264 Å². The minimum Gasteiger partial charge on any atom is -0.497 e. The first-order valence-corrected chi connectivity index (χ1v) is 15.4. The van der Waals surface area contributed by atoms with E-state index in [1.807, 2.05) is 35.2 Å². The Kier molecular flexibility index (Phi) is 12.6. The van der Waals surface area contributed by atoms with Crippen molar-refractivity contribution >= 4 is 17.8 Å². The SMILES string of the molecule is COc1cccc(CCc2ccccc2OCCCN2CCC(CN3Cc4ccccc4C3=O)CC2)c1.O=C(O)C=CC(=O)O. The highest BCUT2D eigenvalue weighted by atomic mass is 16.5. The Morgan fingerprint density at radius 1 is 0.911 bits per heavy atom. The lowest BCUT2D eigenvalue weighted by atomic mass is 9.96. The first kappa shape index (κ1) is 33.3. The molecule has 45 heavy (non-hydrogen) atoms. The molecule has 2 aliphatic rings. The summed E-state index contributed by atoms with van der Waals surface area (Å²) in [5.41, 5.74) is 4.59. The average Bonchev–Trinajstić information content (AvgIpc) is 3.37. The van der Waals surface area contributed by atoms with E-state index in [4.69, 9.17) is 19.7 Å². The Bertz CT molecular complexity index is 1450. The fourth-order valence-electron chi connectivity index (χ4n) is 5.74. The monoisotopic (exact) mass is 614 g/mol. The quantitative estimate of drug-likeness (QED) is 0.196. The second kappa shape index (κ2) is 17.0. The normalized spacial score (nSPS) is 15.0. The Morgan fingerprint density at radius 3 is 2.33 bits per heavy atom. The van der Waals surface area contributed by atoms with Crippen molar-refractivity contribution in [2.24, 2.45) is 5.92 Å². The van der Waals surface area contributed by atoms with Crippen molar-refractivity contribution < 1.29 is 34.1 Å². The molecule has 0 atom stereocenters. The molecule has 0 aromatic heterocycles. The van der Waals surface area contributed by atoms with E-state index >= 15 is 0 Å². The maximum atomic E-state index is 12.7. The second-order valence-corrected chi connectivity index (χ2v) is 11.3. The molecule has 9 heteroatoms. The number of carbonyl (C=O) groups excluding carboxylic acids is 1. The van der Waals surface area contributed by atoms with Crippen molar-refractivity contribution in [3.05, 3.63) is 107 Å². The van der Waals surface area contributed by atoms with E-state index in [2.05, 4.69) is 47.4 Å². The van der Waals surface area contributed by atoms with Crippen LogP contribution in [0.2, 0.25) is 0 Å². The largest absolute Gasteiger partial charge is 0.497 e. The standard InChI is InChI=1S/C32H38N2O3.C4H4O4/c1-36-29-11-6-8-25(22-29)14-15-27-9-3-5-13-31(27)37-21-7-18-33-19-16-26(17-20-33)23-34-24-28-10-2-4-12-30(28)32(34)35;5-3(6)1-2-4(7)8/h2-6,8-13,22,26H,7,14-21,23-24H2,1H3;1-2H,(H,5,6)(H,7,8). The number of benzene rings is 3. The predicted octanol–water partition coefficient (Wildman–Crippen LogP) is 5.33. The number of methoxy groups -OCH3 is 1. The zero-order chi connectivity index (χ0) is 32.0. The number of hydrogen-bond acceptors (Lipinski definition) is 6. The third kappa shape index (κ3) is 10.5. The molecule has 3 aromatic rings. The first-order valence-electron chi connectivity index (χ1n) is 15.4. The summed E-state index contributed by atoms with van der Waals surface area (Å²) in [7, 11) is 1.71. The van der Waals surface area contributed by atoms with Crippen molar-refractivity contribution in [2.45, 2.75) is 38.6 Å². The minimum absolute atomic E-state index is 0.207. The van der Waals surface area contributed by atoms with Gasteiger partial charge in [0.25, 0.3) is 5.91 Å². The number of nitrogens with zero attached hydrogens (tertiary/aromatic N) is 2. The van der Waals surface area contributed by atoms with Gasteiger partial charge < -0.3 is 29.5 Å². The highest BCUT2D eigenvalue weighted by molar-refractivity contribution is 5.98. The Morgan fingerprint density at radius 2 is 1.62 bits per heavy atom. The molecule has 2 heterocycles. The van der Waals surface area contributed by atoms with Gasteiger partial charge in [-0.25, -0.2) is 9.59 Å². The highest BCUT2D eigenvalue weighted by Crippen LogP contribution is 2.27. The average molecular weight is 615 g/mol. The van der Waals surface area contributed by atoms with Crippen molar-refractivity contribution in [2.75, 3.05) is 39.9 Å². The molecule has 0 spiro atoms. The summed E-state index contributed by atoms with van der Waals surface area (Å²) in [5.74, 6) is 0.197. The fourth-order valence-corrected chi connectivity index (χ4v) is 5.74. The highest BCUT2D eigenvalue weighted by Gasteiger charge is 2.30. The number of ether oxygens (including phenoxy) is 2. The van der Waals surface area contributed by atoms with Crippen molar-refractivity contribution in [1.82, 2.24) is 9.80 Å². The first-order chi connectivity index (χ1) is 21.8. The van der Waals surface area contributed by atoms with Gasteiger partial charge in [0, 0.05) is 37.3 Å². The van der Waals surface area contributed by atoms with E-state index in [0.29, 0.717) is 18.1 Å². The molecule has 1 amide bonds. The van der Waals surface area contributed by atoms with Crippen molar-refractivity contribution in [3.8, 4) is 11.5 Å². The number of carboxylic acids is 2. The summed E-state index contributed by atoms with van der Waals surface area (Å²) in [6.45, 7) is 5.67. The van der Waals surface area contributed by atoms with E-state index in [9.17, 15) is 14.4 Å². The molecule has 238 valence electrons. The van der Waals surface area contributed by atoms with Gasteiger partial charge in [-0.2, -0.15) is 0 Å². The van der Waals surface area contributed by atoms with Gasteiger partial charge in [0.2, 0.25) is 0 Å². The maximum absolute atomic E-state index is 12.7. The van der Waals surface area contributed by atoms with Crippen molar-refractivity contribution in [3.63, 3.8) is 0 Å². The zero-order valence-electron chi connectivity index (χ0n) is 25.8. The van der Waals surface area contributed by atoms with Crippen LogP contribution in [0.5, 0.6) is 11.5 Å². The molecule has 3 aromatic carbocycles. The number of carbonyl (C=O) groups is 3. The van der Waals surface area contributed by atoms with Crippen LogP contribution in [-0.2, 0) is 29.0 Å². The number of carboxylic acid groups (broad SMARTS) is 2. The number of aliphatic carboxylic acids is 2. The summed E-state index contributed by atoms with van der Waals surface area (Å²) in [6, 6.07) is 24.7. The van der Waals surface area contributed by atoms with Crippen LogP contribution in [0.4, 0.5) is 0 Å². The smallest absolute Gasteiger partial charge is 0.328 e. The van der Waals surface area contributed by atoms with Gasteiger partial charge in [0.1, 0.15) is 11.5 Å². The Balaban J connectivity index is 0.000000510. The van der Waals surface area contributed by atoms with Crippen LogP contribution in [0.3, 0.4) is 0 Å². The van der Waals surface area contributed by atoms with Gasteiger partial charge in [-0.1, -0.05) is 48.5 Å². The van der Waals surface area contributed by atoms with Gasteiger partial charge >= 0.3 is 11.9 Å². The summed E-state index contributed by atoms with van der Waals surface area (Å²) in [5, 5.41) is 15.6. The van der Waals surface area contributed by atoms with Gasteiger partial charge in [-0.3, -0.25) is 4.79 Å². The van der Waals surface area contributed by atoms with Crippen LogP contribution in [0.15, 0.2) is 84.9 Å². The number of hydrogen-bond donors (Lipinski definition) is 2. The lowest BCUT2D eigenvalue weighted by molar-refractivity contribution is -0.134. The van der Waals surface area contributed by atoms with Crippen LogP contribution < -0.4 is 9.47 Å². The van der Waals surface area contributed by atoms with Gasteiger partial charge in [0.15, 0.2) is 0 Å². The van der Waals surface area contributed by atoms with Crippen LogP contribution >= 0.6 is 0 Å². The summed E-state index contributed by atoms with van der Waals surface area (Å²) < 4.78 is 11.6. The molecule has 0 unspecified atom stereocenters. The third-order valence-electron chi connectivity index (χ3n) is 8.12. The van der Waals surface area contributed by atoms with Gasteiger partial charge in [0.05, 0.1) is 13.7 Å². The van der Waals surface area contributed by atoms with E-state index in [1.165, 1.54) is 16.7 Å². The van der Waals surface area contributed by atoms with Crippen LogP contribution in [0, 0.1) is 5.92 Å². The molecule has 9 nitrogen and oxygen atoms in total. The van der Waals surface area contributed by atoms with E-state index in [-0.39, 0.29) is 5.91 Å². The number of para-hydroxylation sites is 1. The fraction of sp³-hybridized carbons (Fsp3) is 0.361. The number of likely N-dealkylation sites (tertiary alicyclic amines) is 1. The summed E-state index contributed by atoms with van der Waals surface area (Å²) in [4.78, 5) is 36.4. The van der Waals surface area contributed by atoms with E-state index in [0.717, 1.165) is 88.5 Å². The van der Waals surface area contributed by atoms with Gasteiger partial charge in [-0.05, 0) is 92.1 Å². The molecule has 0 saturated carbocycles. The van der Waals surface area contributed by atoms with Crippen LogP contribution in [0.1, 0.15) is 46.3 Å². The number of rotatable bonds is 13.